The van der Waals surface area contributed by atoms with Gasteiger partial charge in [0, 0.05) is 11.8 Å². The van der Waals surface area contributed by atoms with E-state index in [9.17, 15) is 14.7 Å². The molecule has 124 valence electrons. The van der Waals surface area contributed by atoms with E-state index in [1.807, 2.05) is 6.92 Å². The first-order valence-electron chi connectivity index (χ1n) is 8.67. The highest BCUT2D eigenvalue weighted by molar-refractivity contribution is 5.84. The summed E-state index contributed by atoms with van der Waals surface area (Å²) in [6.45, 7) is 3.95. The summed E-state index contributed by atoms with van der Waals surface area (Å²) >= 11 is 0. The maximum Gasteiger partial charge on any atom is 0.313 e. The Bertz CT molecular complexity index is 907. The molecule has 3 heterocycles. The van der Waals surface area contributed by atoms with Crippen molar-refractivity contribution in [3.8, 4) is 0 Å². The summed E-state index contributed by atoms with van der Waals surface area (Å²) in [6, 6.07) is 3.30. The number of aryl methyl sites for hydroxylation is 2. The molecule has 1 aromatic carbocycles. The Balaban J connectivity index is 1.81. The normalized spacial score (nSPS) is 48.6. The molecule has 3 saturated heterocycles. The fourth-order valence-electron chi connectivity index (χ4n) is 6.57. The first kappa shape index (κ1) is 13.6. The molecule has 0 radical (unpaired) electrons. The van der Waals surface area contributed by atoms with Crippen LogP contribution in [-0.4, -0.2) is 28.9 Å². The Labute approximate surface area is 138 Å². The molecule has 3 aliphatic heterocycles. The molecule has 5 heteroatoms. The highest BCUT2D eigenvalue weighted by Gasteiger charge is 2.83. The van der Waals surface area contributed by atoms with Crippen molar-refractivity contribution < 1.29 is 19.4 Å². The smallest absolute Gasteiger partial charge is 0.313 e. The quantitative estimate of drug-likeness (QED) is 0.724. The van der Waals surface area contributed by atoms with E-state index in [-0.39, 0.29) is 29.3 Å². The molecule has 7 rings (SSSR count). The van der Waals surface area contributed by atoms with Gasteiger partial charge in [-0.15, -0.1) is 0 Å². The lowest BCUT2D eigenvalue weighted by atomic mass is 9.48. The maximum absolute atomic E-state index is 12.9. The van der Waals surface area contributed by atoms with E-state index >= 15 is 0 Å². The second-order valence-corrected chi connectivity index (χ2v) is 8.18. The first-order valence-corrected chi connectivity index (χ1v) is 8.67. The SMILES string of the molecule is Cc1cc(=O)cc2c3c1[C@H]1O[C@H]4[C@@H](C)[C@]5(CC2)C(=O)O[C@H]4[C@@]1(O)[C@H]35. The van der Waals surface area contributed by atoms with Crippen LogP contribution in [0.15, 0.2) is 16.9 Å². The van der Waals surface area contributed by atoms with Gasteiger partial charge in [0.2, 0.25) is 0 Å². The molecule has 24 heavy (non-hydrogen) atoms. The topological polar surface area (TPSA) is 72.8 Å². The highest BCUT2D eigenvalue weighted by atomic mass is 16.6. The molecule has 0 unspecified atom stereocenters. The zero-order valence-corrected chi connectivity index (χ0v) is 13.5. The lowest BCUT2D eigenvalue weighted by molar-refractivity contribution is -0.243. The molecule has 1 aromatic rings. The zero-order chi connectivity index (χ0) is 16.6. The molecule has 0 amide bonds. The van der Waals surface area contributed by atoms with E-state index in [0.29, 0.717) is 12.8 Å². The van der Waals surface area contributed by atoms with Crippen molar-refractivity contribution in [3.63, 3.8) is 0 Å². The van der Waals surface area contributed by atoms with Gasteiger partial charge in [0.25, 0.3) is 0 Å². The van der Waals surface area contributed by atoms with Crippen molar-refractivity contribution in [2.24, 2.45) is 11.3 Å². The van der Waals surface area contributed by atoms with Crippen molar-refractivity contribution in [1.29, 1.82) is 0 Å². The van der Waals surface area contributed by atoms with Gasteiger partial charge in [-0.3, -0.25) is 9.59 Å². The van der Waals surface area contributed by atoms with Crippen molar-refractivity contribution >= 4 is 5.97 Å². The van der Waals surface area contributed by atoms with Crippen LogP contribution in [-0.2, 0) is 20.7 Å². The Morgan fingerprint density at radius 2 is 2.04 bits per heavy atom. The summed E-state index contributed by atoms with van der Waals surface area (Å²) in [6.07, 6.45) is -0.101. The van der Waals surface area contributed by atoms with Crippen LogP contribution in [0.4, 0.5) is 0 Å². The number of hydrogen-bond acceptors (Lipinski definition) is 5. The predicted molar refractivity (Wildman–Crippen MR) is 82.6 cm³/mol. The summed E-state index contributed by atoms with van der Waals surface area (Å²) in [5.41, 5.74) is 1.77. The third-order valence-corrected chi connectivity index (χ3v) is 7.46. The Morgan fingerprint density at radius 3 is 2.83 bits per heavy atom. The molecule has 3 aliphatic carbocycles. The van der Waals surface area contributed by atoms with Crippen molar-refractivity contribution in [2.45, 2.75) is 56.5 Å². The molecule has 1 saturated carbocycles. The maximum atomic E-state index is 12.9. The van der Waals surface area contributed by atoms with Crippen LogP contribution in [0.1, 0.15) is 47.6 Å². The van der Waals surface area contributed by atoms with Crippen LogP contribution in [0, 0.1) is 18.3 Å². The minimum absolute atomic E-state index is 0.0119. The van der Waals surface area contributed by atoms with Crippen molar-refractivity contribution in [2.75, 3.05) is 0 Å². The van der Waals surface area contributed by atoms with Crippen LogP contribution in [0.25, 0.3) is 0 Å². The third-order valence-electron chi connectivity index (χ3n) is 7.46. The van der Waals surface area contributed by atoms with Gasteiger partial charge in [-0.25, -0.2) is 0 Å². The number of carbonyl (C=O) groups excluding carboxylic acids is 1. The lowest BCUT2D eigenvalue weighted by Gasteiger charge is -2.60. The van der Waals surface area contributed by atoms with Crippen LogP contribution in [0.2, 0.25) is 0 Å². The van der Waals surface area contributed by atoms with Gasteiger partial charge in [0.15, 0.2) is 11.5 Å². The molecule has 1 spiro atoms. The van der Waals surface area contributed by atoms with E-state index in [1.165, 1.54) is 0 Å². The largest absolute Gasteiger partial charge is 0.456 e. The van der Waals surface area contributed by atoms with Crippen LogP contribution in [0.3, 0.4) is 0 Å². The van der Waals surface area contributed by atoms with Gasteiger partial charge >= 0.3 is 5.97 Å². The zero-order valence-electron chi connectivity index (χ0n) is 13.5. The highest BCUT2D eigenvalue weighted by Crippen LogP contribution is 2.75. The number of fused-ring (bicyclic) bond motifs is 2. The number of esters is 1. The average molecular weight is 326 g/mol. The van der Waals surface area contributed by atoms with Gasteiger partial charge in [-0.05, 0) is 54.2 Å². The first-order chi connectivity index (χ1) is 11.4. The predicted octanol–water partition coefficient (Wildman–Crippen LogP) is 1.13. The molecule has 6 aliphatic rings. The fraction of sp³-hybridized carbons (Fsp3) is 0.579. The Morgan fingerprint density at radius 1 is 1.25 bits per heavy atom. The summed E-state index contributed by atoms with van der Waals surface area (Å²) in [7, 11) is 0. The number of rotatable bonds is 0. The van der Waals surface area contributed by atoms with E-state index in [2.05, 4.69) is 6.92 Å². The summed E-state index contributed by atoms with van der Waals surface area (Å²) < 4.78 is 12.0. The van der Waals surface area contributed by atoms with Gasteiger partial charge in [0.1, 0.15) is 17.8 Å². The third kappa shape index (κ3) is 1.06. The summed E-state index contributed by atoms with van der Waals surface area (Å²) in [5, 5.41) is 11.7. The van der Waals surface area contributed by atoms with Crippen molar-refractivity contribution in [1.82, 2.24) is 0 Å². The van der Waals surface area contributed by atoms with E-state index < -0.39 is 23.2 Å². The van der Waals surface area contributed by atoms with Gasteiger partial charge < -0.3 is 14.6 Å². The Hall–Kier alpha value is -1.72. The molecule has 4 fully saturated rings. The number of ether oxygens (including phenoxy) is 2. The molecular formula is C19H18O5. The van der Waals surface area contributed by atoms with Gasteiger partial charge in [-0.2, -0.15) is 0 Å². The van der Waals surface area contributed by atoms with Crippen LogP contribution in [0.5, 0.6) is 0 Å². The van der Waals surface area contributed by atoms with Crippen LogP contribution < -0.4 is 5.43 Å². The Kier molecular flexibility index (Phi) is 2.04. The van der Waals surface area contributed by atoms with Gasteiger partial charge in [0.05, 0.1) is 5.41 Å². The monoisotopic (exact) mass is 326 g/mol. The lowest BCUT2D eigenvalue weighted by Crippen LogP contribution is -2.71. The van der Waals surface area contributed by atoms with Crippen molar-refractivity contribution in [3.05, 3.63) is 44.6 Å². The second-order valence-electron chi connectivity index (χ2n) is 8.18. The number of carbonyl (C=O) groups is 1. The summed E-state index contributed by atoms with van der Waals surface area (Å²) in [4.78, 5) is 25.1. The summed E-state index contributed by atoms with van der Waals surface area (Å²) in [5.74, 6) is -0.503. The number of hydrogen-bond donors (Lipinski definition) is 1. The van der Waals surface area contributed by atoms with E-state index in [0.717, 1.165) is 22.3 Å². The minimum Gasteiger partial charge on any atom is -0.456 e. The van der Waals surface area contributed by atoms with Gasteiger partial charge in [-0.1, -0.05) is 6.92 Å². The van der Waals surface area contributed by atoms with E-state index in [4.69, 9.17) is 9.47 Å². The molecule has 4 bridgehead atoms. The fourth-order valence-corrected chi connectivity index (χ4v) is 6.57. The molecule has 5 nitrogen and oxygen atoms in total. The molecule has 7 atom stereocenters. The second kappa shape index (κ2) is 3.60. The minimum atomic E-state index is -1.19. The van der Waals surface area contributed by atoms with E-state index in [1.54, 1.807) is 12.1 Å². The standard InChI is InChI=1S/C19H18O5/c1-7-5-10(20)6-9-3-4-18-8(2)13-16(24-17(18)21)19(22)14(18)12(9)11(7)15(19)23-13/h5-6,8,13-16,22H,3-4H2,1-2H3/t8-,13+,14-,15-,16-,18+,19-/m1/s1. The molecular weight excluding hydrogens is 308 g/mol. The van der Waals surface area contributed by atoms with Crippen LogP contribution >= 0.6 is 0 Å². The molecule has 1 N–H and O–H groups in total. The molecule has 0 aromatic heterocycles. The average Bonchev–Trinajstić information content (AvgIpc) is 2.88. The number of aliphatic hydroxyl groups is 1.